The third-order valence-electron chi connectivity index (χ3n) is 6.17. The van der Waals surface area contributed by atoms with Gasteiger partial charge in [-0.25, -0.2) is 0 Å². The summed E-state index contributed by atoms with van der Waals surface area (Å²) in [6.07, 6.45) is 7.12. The molecule has 3 atom stereocenters. The van der Waals surface area contributed by atoms with Crippen molar-refractivity contribution in [3.8, 4) is 0 Å². The number of hydrogen-bond donors (Lipinski definition) is 2. The predicted octanol–water partition coefficient (Wildman–Crippen LogP) is 2.80. The highest BCUT2D eigenvalue weighted by molar-refractivity contribution is 5.96. The largest absolute Gasteiger partial charge is 0.336 e. The minimum absolute atomic E-state index is 0. The molecule has 7 nitrogen and oxygen atoms in total. The number of aromatic nitrogens is 2. The van der Waals surface area contributed by atoms with Crippen molar-refractivity contribution in [3.63, 3.8) is 0 Å². The Morgan fingerprint density at radius 3 is 2.60 bits per heavy atom. The van der Waals surface area contributed by atoms with E-state index >= 15 is 0 Å². The van der Waals surface area contributed by atoms with Crippen LogP contribution in [0.5, 0.6) is 0 Å². The van der Waals surface area contributed by atoms with Crippen molar-refractivity contribution in [1.82, 2.24) is 20.0 Å². The van der Waals surface area contributed by atoms with Crippen molar-refractivity contribution in [1.29, 1.82) is 0 Å². The lowest BCUT2D eigenvalue weighted by Gasteiger charge is -2.33. The average Bonchev–Trinajstić information content (AvgIpc) is 3.37. The Bertz CT molecular complexity index is 882. The molecule has 3 heterocycles. The number of carbonyl (C=O) groups excluding carboxylic acids is 2. The fraction of sp³-hybridized carbons (Fsp3) is 0.500. The minimum Gasteiger partial charge on any atom is -0.336 e. The number of nitrogens with zero attached hydrogens (tertiary/aromatic N) is 3. The van der Waals surface area contributed by atoms with E-state index in [1.54, 1.807) is 4.68 Å². The van der Waals surface area contributed by atoms with Gasteiger partial charge in [0.25, 0.3) is 5.91 Å². The molecule has 2 amide bonds. The highest BCUT2D eigenvalue weighted by Crippen LogP contribution is 2.29. The summed E-state index contributed by atoms with van der Waals surface area (Å²) >= 11 is 0. The molecule has 1 unspecified atom stereocenters. The zero-order valence-corrected chi connectivity index (χ0v) is 18.3. The fourth-order valence-electron chi connectivity index (χ4n) is 4.43. The van der Waals surface area contributed by atoms with E-state index in [9.17, 15) is 9.59 Å². The van der Waals surface area contributed by atoms with Gasteiger partial charge in [0.15, 0.2) is 0 Å². The number of carbonyl (C=O) groups is 2. The molecule has 4 rings (SSSR count). The number of anilines is 1. The number of halogens is 1. The SMILES string of the molecule is CC1CCCCN1C(=O)c1ccc(NC(=O)[C@H]2CNC[C@@H]2c2cnn(C)c2)cc1.Cl. The van der Waals surface area contributed by atoms with Crippen LogP contribution < -0.4 is 10.6 Å². The maximum absolute atomic E-state index is 12.9. The zero-order valence-electron chi connectivity index (χ0n) is 17.5. The first-order valence-electron chi connectivity index (χ1n) is 10.4. The molecule has 8 heteroatoms. The maximum Gasteiger partial charge on any atom is 0.254 e. The number of nitrogens with one attached hydrogen (secondary N) is 2. The van der Waals surface area contributed by atoms with Crippen molar-refractivity contribution in [2.45, 2.75) is 38.1 Å². The lowest BCUT2D eigenvalue weighted by Crippen LogP contribution is -2.42. The van der Waals surface area contributed by atoms with Crippen LogP contribution in [0.4, 0.5) is 5.69 Å². The van der Waals surface area contributed by atoms with E-state index in [0.29, 0.717) is 12.1 Å². The molecule has 0 bridgehead atoms. The number of hydrogen-bond acceptors (Lipinski definition) is 4. The summed E-state index contributed by atoms with van der Waals surface area (Å²) in [4.78, 5) is 27.6. The third kappa shape index (κ3) is 4.68. The number of likely N-dealkylation sites (tertiary alicyclic amines) is 1. The normalized spacial score (nSPS) is 23.7. The molecular weight excluding hydrogens is 402 g/mol. The summed E-state index contributed by atoms with van der Waals surface area (Å²) in [6.45, 7) is 4.35. The average molecular weight is 432 g/mol. The van der Waals surface area contributed by atoms with E-state index in [2.05, 4.69) is 22.7 Å². The zero-order chi connectivity index (χ0) is 20.4. The second-order valence-electron chi connectivity index (χ2n) is 8.23. The Morgan fingerprint density at radius 2 is 1.93 bits per heavy atom. The monoisotopic (exact) mass is 431 g/mol. The van der Waals surface area contributed by atoms with Crippen LogP contribution in [-0.4, -0.2) is 52.2 Å². The summed E-state index contributed by atoms with van der Waals surface area (Å²) in [5, 5.41) is 10.6. The molecule has 162 valence electrons. The minimum atomic E-state index is -0.144. The van der Waals surface area contributed by atoms with Crippen LogP contribution in [0.1, 0.15) is 48.0 Å². The first kappa shape index (κ1) is 22.3. The Balaban J connectivity index is 0.00000256. The van der Waals surface area contributed by atoms with Gasteiger partial charge in [-0.15, -0.1) is 12.4 Å². The fourth-order valence-corrected chi connectivity index (χ4v) is 4.43. The van der Waals surface area contributed by atoms with Crippen LogP contribution in [0.3, 0.4) is 0 Å². The molecule has 2 N–H and O–H groups in total. The summed E-state index contributed by atoms with van der Waals surface area (Å²) < 4.78 is 1.77. The van der Waals surface area contributed by atoms with Gasteiger partial charge in [0.2, 0.25) is 5.91 Å². The van der Waals surface area contributed by atoms with Gasteiger partial charge >= 0.3 is 0 Å². The van der Waals surface area contributed by atoms with Crippen molar-refractivity contribution in [2.75, 3.05) is 25.0 Å². The van der Waals surface area contributed by atoms with Gasteiger partial charge in [0, 0.05) is 56.1 Å². The number of piperidine rings is 1. The molecule has 2 fully saturated rings. The predicted molar refractivity (Wildman–Crippen MR) is 119 cm³/mol. The Morgan fingerprint density at radius 1 is 1.17 bits per heavy atom. The summed E-state index contributed by atoms with van der Waals surface area (Å²) in [6, 6.07) is 7.55. The lowest BCUT2D eigenvalue weighted by atomic mass is 9.90. The molecular formula is C22H30ClN5O2. The molecule has 1 aromatic heterocycles. The molecule has 1 aromatic carbocycles. The second-order valence-corrected chi connectivity index (χ2v) is 8.23. The van der Waals surface area contributed by atoms with Crippen LogP contribution >= 0.6 is 12.4 Å². The van der Waals surface area contributed by atoms with Gasteiger partial charge < -0.3 is 15.5 Å². The summed E-state index contributed by atoms with van der Waals surface area (Å²) in [7, 11) is 1.88. The highest BCUT2D eigenvalue weighted by Gasteiger charge is 2.34. The molecule has 2 aliphatic rings. The van der Waals surface area contributed by atoms with Crippen LogP contribution in [0, 0.1) is 5.92 Å². The van der Waals surface area contributed by atoms with Gasteiger partial charge in [-0.1, -0.05) is 0 Å². The van der Waals surface area contributed by atoms with Gasteiger partial charge in [-0.3, -0.25) is 14.3 Å². The van der Waals surface area contributed by atoms with Crippen molar-refractivity contribution in [2.24, 2.45) is 13.0 Å². The van der Waals surface area contributed by atoms with Gasteiger partial charge in [0.1, 0.15) is 0 Å². The van der Waals surface area contributed by atoms with E-state index in [-0.39, 0.29) is 42.1 Å². The molecule has 0 saturated carbocycles. The smallest absolute Gasteiger partial charge is 0.254 e. The van der Waals surface area contributed by atoms with Gasteiger partial charge in [0.05, 0.1) is 12.1 Å². The number of amides is 2. The van der Waals surface area contributed by atoms with Crippen LogP contribution in [0.15, 0.2) is 36.7 Å². The Labute approximate surface area is 183 Å². The standard InChI is InChI=1S/C22H29N5O2.ClH/c1-15-5-3-4-10-27(15)22(29)16-6-8-18(9-7-16)25-21(28)20-13-23-12-19(20)17-11-24-26(2)14-17;/h6-9,11,14-15,19-20,23H,3-5,10,12-13H2,1-2H3,(H,25,28);1H/t15?,19-,20+;/m1./s1. The summed E-state index contributed by atoms with van der Waals surface area (Å²) in [5.41, 5.74) is 2.47. The van der Waals surface area contributed by atoms with Crippen LogP contribution in [0.2, 0.25) is 0 Å². The van der Waals surface area contributed by atoms with Gasteiger partial charge in [-0.05, 0) is 56.0 Å². The van der Waals surface area contributed by atoms with Crippen molar-refractivity contribution in [3.05, 3.63) is 47.8 Å². The molecule has 0 spiro atoms. The molecule has 0 radical (unpaired) electrons. The van der Waals surface area contributed by atoms with Crippen LogP contribution in [0.25, 0.3) is 0 Å². The topological polar surface area (TPSA) is 79.3 Å². The second kappa shape index (κ2) is 9.62. The lowest BCUT2D eigenvalue weighted by molar-refractivity contribution is -0.119. The van der Waals surface area contributed by atoms with E-state index < -0.39 is 0 Å². The van der Waals surface area contributed by atoms with E-state index in [0.717, 1.165) is 37.2 Å². The van der Waals surface area contributed by atoms with Crippen molar-refractivity contribution < 1.29 is 9.59 Å². The number of rotatable bonds is 4. The van der Waals surface area contributed by atoms with Crippen molar-refractivity contribution >= 4 is 29.9 Å². The molecule has 0 aliphatic carbocycles. The highest BCUT2D eigenvalue weighted by atomic mass is 35.5. The maximum atomic E-state index is 12.9. The quantitative estimate of drug-likeness (QED) is 0.780. The first-order valence-corrected chi connectivity index (χ1v) is 10.4. The Kier molecular flexibility index (Phi) is 7.15. The van der Waals surface area contributed by atoms with E-state index in [1.807, 2.05) is 48.6 Å². The third-order valence-corrected chi connectivity index (χ3v) is 6.17. The van der Waals surface area contributed by atoms with E-state index in [4.69, 9.17) is 0 Å². The summed E-state index contributed by atoms with van der Waals surface area (Å²) in [5.74, 6) is 0.0409. The number of aryl methyl sites for hydroxylation is 1. The molecule has 2 saturated heterocycles. The Hall–Kier alpha value is -2.38. The van der Waals surface area contributed by atoms with Crippen LogP contribution in [-0.2, 0) is 11.8 Å². The molecule has 30 heavy (non-hydrogen) atoms. The first-order chi connectivity index (χ1) is 14.0. The molecule has 2 aliphatic heterocycles. The van der Waals surface area contributed by atoms with Gasteiger partial charge in [-0.2, -0.15) is 5.10 Å². The number of benzene rings is 1. The van der Waals surface area contributed by atoms with E-state index in [1.165, 1.54) is 6.42 Å². The molecule has 2 aromatic rings.